The molecule has 1 aliphatic carbocycles. The fourth-order valence-corrected chi connectivity index (χ4v) is 9.97. The van der Waals surface area contributed by atoms with E-state index in [2.05, 4.69) is 212 Å². The third-order valence-electron chi connectivity index (χ3n) is 13.0. The highest BCUT2D eigenvalue weighted by molar-refractivity contribution is 6.09. The fourth-order valence-electron chi connectivity index (χ4n) is 9.97. The van der Waals surface area contributed by atoms with E-state index >= 15 is 0 Å². The van der Waals surface area contributed by atoms with E-state index in [9.17, 15) is 0 Å². The first-order valence-corrected chi connectivity index (χ1v) is 21.2. The van der Waals surface area contributed by atoms with Gasteiger partial charge in [-0.05, 0) is 139 Å². The molecule has 2 aliphatic heterocycles. The van der Waals surface area contributed by atoms with Gasteiger partial charge in [0.1, 0.15) is 0 Å². The van der Waals surface area contributed by atoms with Gasteiger partial charge in [0.25, 0.3) is 0 Å². The lowest BCUT2D eigenvalue weighted by Gasteiger charge is -2.30. The van der Waals surface area contributed by atoms with Crippen molar-refractivity contribution in [2.75, 3.05) is 9.80 Å². The Balaban J connectivity index is 0.878. The van der Waals surface area contributed by atoms with Crippen molar-refractivity contribution in [1.29, 1.82) is 0 Å². The van der Waals surface area contributed by atoms with Gasteiger partial charge in [0.05, 0.1) is 0 Å². The standard InChI is InChI=1S/C58H46N2/c1-4-5-12-41-34-46-15-8-9-16-55(46)59(38-41)47-27-32-52-51-30-22-40(35-53(51)58(2,3)54(52)37-47)20-19-39-21-29-49-44(33-39)25-26-45-36-48(28-31-50(45)49)60-56-17-10-6-13-42(56)23-24-43-14-7-11-18-57(43)60/h4-22,25-33,35-38H,1,23-24,34H2,2-3H3/b12-5-,20-19+. The van der Waals surface area contributed by atoms with Gasteiger partial charge < -0.3 is 9.80 Å². The summed E-state index contributed by atoms with van der Waals surface area (Å²) in [6.45, 7) is 8.63. The van der Waals surface area contributed by atoms with Crippen LogP contribution in [0.4, 0.5) is 28.4 Å². The number of para-hydroxylation sites is 3. The number of anilines is 5. The molecule has 8 aromatic carbocycles. The molecular formula is C58H46N2. The van der Waals surface area contributed by atoms with Gasteiger partial charge in [0, 0.05) is 46.5 Å². The number of benzene rings is 8. The third kappa shape index (κ3) is 6.02. The molecule has 0 spiro atoms. The van der Waals surface area contributed by atoms with Gasteiger partial charge in [-0.1, -0.05) is 160 Å². The molecule has 8 aromatic rings. The molecule has 0 radical (unpaired) electrons. The Morgan fingerprint density at radius 3 is 1.80 bits per heavy atom. The lowest BCUT2D eigenvalue weighted by atomic mass is 9.81. The van der Waals surface area contributed by atoms with Crippen molar-refractivity contribution >= 4 is 62.1 Å². The van der Waals surface area contributed by atoms with Crippen molar-refractivity contribution in [3.8, 4) is 11.1 Å². The average Bonchev–Trinajstić information content (AvgIpc) is 3.39. The monoisotopic (exact) mass is 770 g/mol. The van der Waals surface area contributed by atoms with Crippen LogP contribution in [-0.2, 0) is 24.7 Å². The maximum Gasteiger partial charge on any atom is 0.0493 e. The van der Waals surface area contributed by atoms with E-state index in [0.717, 1.165) is 19.3 Å². The molecule has 0 N–H and O–H groups in total. The largest absolute Gasteiger partial charge is 0.317 e. The van der Waals surface area contributed by atoms with Gasteiger partial charge in [0.2, 0.25) is 0 Å². The molecular weight excluding hydrogens is 725 g/mol. The number of nitrogens with zero attached hydrogens (tertiary/aromatic N) is 2. The normalized spacial score (nSPS) is 15.1. The molecule has 0 fully saturated rings. The summed E-state index contributed by atoms with van der Waals surface area (Å²) < 4.78 is 0. The molecule has 0 saturated carbocycles. The number of hydrogen-bond donors (Lipinski definition) is 0. The number of allylic oxidation sites excluding steroid dienone is 4. The topological polar surface area (TPSA) is 6.48 Å². The van der Waals surface area contributed by atoms with Crippen LogP contribution in [0.15, 0.2) is 194 Å². The van der Waals surface area contributed by atoms with Crippen LogP contribution in [0.1, 0.15) is 52.8 Å². The van der Waals surface area contributed by atoms with Crippen LogP contribution in [0.2, 0.25) is 0 Å². The zero-order valence-corrected chi connectivity index (χ0v) is 34.2. The van der Waals surface area contributed by atoms with Crippen LogP contribution in [0, 0.1) is 0 Å². The smallest absolute Gasteiger partial charge is 0.0493 e. The number of fused-ring (bicyclic) bond motifs is 9. The van der Waals surface area contributed by atoms with Crippen molar-refractivity contribution in [2.45, 2.75) is 38.5 Å². The first kappa shape index (κ1) is 36.0. The highest BCUT2D eigenvalue weighted by atomic mass is 15.1. The van der Waals surface area contributed by atoms with Gasteiger partial charge in [-0.3, -0.25) is 0 Å². The minimum atomic E-state index is -0.140. The second kappa shape index (κ2) is 14.3. The minimum absolute atomic E-state index is 0.140. The van der Waals surface area contributed by atoms with Gasteiger partial charge in [-0.2, -0.15) is 0 Å². The molecule has 0 unspecified atom stereocenters. The third-order valence-corrected chi connectivity index (χ3v) is 13.0. The lowest BCUT2D eigenvalue weighted by Crippen LogP contribution is -2.19. The highest BCUT2D eigenvalue weighted by Crippen LogP contribution is 2.51. The Kier molecular flexibility index (Phi) is 8.56. The zero-order valence-electron chi connectivity index (χ0n) is 34.2. The molecule has 0 saturated heterocycles. The zero-order chi connectivity index (χ0) is 40.4. The van der Waals surface area contributed by atoms with E-state index in [1.165, 1.54) is 106 Å². The minimum Gasteiger partial charge on any atom is -0.317 e. The van der Waals surface area contributed by atoms with Crippen LogP contribution < -0.4 is 9.80 Å². The van der Waals surface area contributed by atoms with Crippen LogP contribution in [0.25, 0.3) is 44.8 Å². The molecule has 11 rings (SSSR count). The van der Waals surface area contributed by atoms with Crippen LogP contribution in [0.3, 0.4) is 0 Å². The maximum absolute atomic E-state index is 3.89. The van der Waals surface area contributed by atoms with E-state index < -0.39 is 0 Å². The summed E-state index contributed by atoms with van der Waals surface area (Å²) in [5.74, 6) is 0. The molecule has 3 aliphatic rings. The molecule has 0 bridgehead atoms. The highest BCUT2D eigenvalue weighted by Gasteiger charge is 2.36. The predicted octanol–water partition coefficient (Wildman–Crippen LogP) is 15.4. The summed E-state index contributed by atoms with van der Waals surface area (Å²) in [4.78, 5) is 4.81. The molecule has 2 nitrogen and oxygen atoms in total. The lowest BCUT2D eigenvalue weighted by molar-refractivity contribution is 0.660. The van der Waals surface area contributed by atoms with Crippen LogP contribution in [0.5, 0.6) is 0 Å². The summed E-state index contributed by atoms with van der Waals surface area (Å²) in [6, 6.07) is 58.9. The Hall–Kier alpha value is -7.16. The van der Waals surface area contributed by atoms with Crippen molar-refractivity contribution in [3.63, 3.8) is 0 Å². The molecule has 60 heavy (non-hydrogen) atoms. The van der Waals surface area contributed by atoms with Crippen molar-refractivity contribution in [3.05, 3.63) is 233 Å². The van der Waals surface area contributed by atoms with Crippen LogP contribution >= 0.6 is 0 Å². The van der Waals surface area contributed by atoms with Gasteiger partial charge >= 0.3 is 0 Å². The average molecular weight is 771 g/mol. The molecule has 0 aromatic heterocycles. The van der Waals surface area contributed by atoms with Gasteiger partial charge in [-0.15, -0.1) is 0 Å². The SMILES string of the molecule is C=C/C=C\C1=CN(c2ccc3c(c2)C(C)(C)c2cc(/C=C/c4ccc5c(ccc6cc(N7c8ccccc8CCc8ccccc87)ccc65)c4)ccc2-3)c2ccccc2C1. The number of hydrogen-bond acceptors (Lipinski definition) is 2. The van der Waals surface area contributed by atoms with E-state index in [4.69, 9.17) is 0 Å². The predicted molar refractivity (Wildman–Crippen MR) is 256 cm³/mol. The Bertz CT molecular complexity index is 3090. The quantitative estimate of drug-likeness (QED) is 0.0944. The first-order valence-electron chi connectivity index (χ1n) is 21.2. The number of aryl methyl sites for hydroxylation is 2. The van der Waals surface area contributed by atoms with Crippen molar-refractivity contribution < 1.29 is 0 Å². The van der Waals surface area contributed by atoms with Gasteiger partial charge in [0.15, 0.2) is 0 Å². The summed E-state index contributed by atoms with van der Waals surface area (Å²) in [6.07, 6.45) is 15.8. The van der Waals surface area contributed by atoms with E-state index in [1.807, 2.05) is 12.2 Å². The van der Waals surface area contributed by atoms with E-state index in [0.29, 0.717) is 0 Å². The Labute approximate surface area is 353 Å². The van der Waals surface area contributed by atoms with Gasteiger partial charge in [-0.25, -0.2) is 0 Å². The summed E-state index contributed by atoms with van der Waals surface area (Å²) in [5.41, 5.74) is 19.2. The Morgan fingerprint density at radius 2 is 1.08 bits per heavy atom. The second-order valence-electron chi connectivity index (χ2n) is 17.0. The maximum atomic E-state index is 3.89. The van der Waals surface area contributed by atoms with E-state index in [1.54, 1.807) is 0 Å². The summed E-state index contributed by atoms with van der Waals surface area (Å²) in [5, 5.41) is 5.05. The van der Waals surface area contributed by atoms with Crippen molar-refractivity contribution in [2.24, 2.45) is 0 Å². The van der Waals surface area contributed by atoms with Crippen LogP contribution in [-0.4, -0.2) is 0 Å². The molecule has 0 atom stereocenters. The van der Waals surface area contributed by atoms with E-state index in [-0.39, 0.29) is 5.41 Å². The fraction of sp³-hybridized carbons (Fsp3) is 0.103. The summed E-state index contributed by atoms with van der Waals surface area (Å²) >= 11 is 0. The molecule has 2 heterocycles. The first-order chi connectivity index (χ1) is 29.4. The van der Waals surface area contributed by atoms with Crippen molar-refractivity contribution in [1.82, 2.24) is 0 Å². The second-order valence-corrected chi connectivity index (χ2v) is 17.0. The molecule has 288 valence electrons. The summed E-state index contributed by atoms with van der Waals surface area (Å²) in [7, 11) is 0. The number of rotatable bonds is 6. The molecule has 0 amide bonds. The molecule has 2 heteroatoms. The Morgan fingerprint density at radius 1 is 0.517 bits per heavy atom.